The fourth-order valence-electron chi connectivity index (χ4n) is 3.31. The molecule has 1 fully saturated rings. The zero-order valence-electron chi connectivity index (χ0n) is 16.4. The van der Waals surface area contributed by atoms with E-state index in [2.05, 4.69) is 5.32 Å². The second-order valence-corrected chi connectivity index (χ2v) is 7.24. The quantitative estimate of drug-likeness (QED) is 0.649. The van der Waals surface area contributed by atoms with Gasteiger partial charge in [-0.15, -0.1) is 0 Å². The highest BCUT2D eigenvalue weighted by Gasteiger charge is 2.66. The molecule has 0 bridgehead atoms. The van der Waals surface area contributed by atoms with Crippen molar-refractivity contribution in [3.63, 3.8) is 0 Å². The van der Waals surface area contributed by atoms with E-state index in [0.717, 1.165) is 12.2 Å². The standard InChI is InChI=1S/C20H29NO6/c1-5-11-26-14-7-9-15(10-8-14)27-13-17(22)21-20(18(23)24)12-16(25-6-2)19(20,3)4/h7-10,16H,5-6,11-13H2,1-4H3,(H,21,22)(H,23,24). The van der Waals surface area contributed by atoms with E-state index in [0.29, 0.717) is 19.0 Å². The molecule has 7 heteroatoms. The molecule has 1 aromatic carbocycles. The molecule has 0 aliphatic heterocycles. The molecular weight excluding hydrogens is 350 g/mol. The van der Waals surface area contributed by atoms with E-state index in [1.807, 2.05) is 13.8 Å². The Kier molecular flexibility index (Phi) is 6.70. The van der Waals surface area contributed by atoms with Gasteiger partial charge in [0.1, 0.15) is 17.0 Å². The van der Waals surface area contributed by atoms with Crippen LogP contribution in [0.25, 0.3) is 0 Å². The number of carboxylic acid groups (broad SMARTS) is 1. The van der Waals surface area contributed by atoms with E-state index in [1.165, 1.54) is 0 Å². The van der Waals surface area contributed by atoms with Crippen LogP contribution in [0.3, 0.4) is 0 Å². The molecule has 0 aromatic heterocycles. The fraction of sp³-hybridized carbons (Fsp3) is 0.600. The fourth-order valence-corrected chi connectivity index (χ4v) is 3.31. The first-order valence-electron chi connectivity index (χ1n) is 9.28. The topological polar surface area (TPSA) is 94.1 Å². The van der Waals surface area contributed by atoms with Crippen LogP contribution in [0.1, 0.15) is 40.5 Å². The predicted molar refractivity (Wildman–Crippen MR) is 100 cm³/mol. The molecule has 0 heterocycles. The van der Waals surface area contributed by atoms with Crippen molar-refractivity contribution < 1.29 is 28.9 Å². The number of hydrogen-bond acceptors (Lipinski definition) is 5. The van der Waals surface area contributed by atoms with Crippen molar-refractivity contribution in [3.05, 3.63) is 24.3 Å². The minimum Gasteiger partial charge on any atom is -0.494 e. The van der Waals surface area contributed by atoms with Crippen LogP contribution in [-0.2, 0) is 14.3 Å². The third-order valence-corrected chi connectivity index (χ3v) is 5.15. The van der Waals surface area contributed by atoms with Crippen molar-refractivity contribution in [1.82, 2.24) is 5.32 Å². The Morgan fingerprint density at radius 1 is 1.15 bits per heavy atom. The smallest absolute Gasteiger partial charge is 0.330 e. The Balaban J connectivity index is 1.93. The lowest BCUT2D eigenvalue weighted by Crippen LogP contribution is -2.76. The van der Waals surface area contributed by atoms with Gasteiger partial charge in [-0.25, -0.2) is 4.79 Å². The molecule has 1 aromatic rings. The van der Waals surface area contributed by atoms with Gasteiger partial charge in [-0.3, -0.25) is 4.79 Å². The Hall–Kier alpha value is -2.28. The van der Waals surface area contributed by atoms with Gasteiger partial charge in [0.25, 0.3) is 5.91 Å². The van der Waals surface area contributed by atoms with E-state index in [1.54, 1.807) is 38.1 Å². The normalized spacial score (nSPS) is 23.2. The summed E-state index contributed by atoms with van der Waals surface area (Å²) in [4.78, 5) is 24.2. The molecule has 150 valence electrons. The van der Waals surface area contributed by atoms with Crippen LogP contribution in [0, 0.1) is 5.41 Å². The van der Waals surface area contributed by atoms with Crippen LogP contribution >= 0.6 is 0 Å². The van der Waals surface area contributed by atoms with Gasteiger partial charge in [-0.1, -0.05) is 20.8 Å². The number of amides is 1. The van der Waals surface area contributed by atoms with Crippen LogP contribution in [0.15, 0.2) is 24.3 Å². The highest BCUT2D eigenvalue weighted by atomic mass is 16.5. The molecule has 2 unspecified atom stereocenters. The highest BCUT2D eigenvalue weighted by Crippen LogP contribution is 2.51. The second-order valence-electron chi connectivity index (χ2n) is 7.24. The molecule has 2 rings (SSSR count). The van der Waals surface area contributed by atoms with Gasteiger partial charge in [0.2, 0.25) is 0 Å². The Morgan fingerprint density at radius 3 is 2.22 bits per heavy atom. The summed E-state index contributed by atoms with van der Waals surface area (Å²) in [5.74, 6) is -0.295. The minimum atomic E-state index is -1.36. The number of aliphatic carboxylic acids is 1. The second kappa shape index (κ2) is 8.61. The molecule has 1 aliphatic carbocycles. The molecular formula is C20H29NO6. The zero-order valence-corrected chi connectivity index (χ0v) is 16.4. The first kappa shape index (κ1) is 21.0. The minimum absolute atomic E-state index is 0.213. The summed E-state index contributed by atoms with van der Waals surface area (Å²) < 4.78 is 16.6. The predicted octanol–water partition coefficient (Wildman–Crippen LogP) is 2.63. The molecule has 1 amide bonds. The maximum atomic E-state index is 12.3. The van der Waals surface area contributed by atoms with E-state index in [-0.39, 0.29) is 19.1 Å². The number of carbonyl (C=O) groups is 2. The van der Waals surface area contributed by atoms with Gasteiger partial charge < -0.3 is 24.6 Å². The highest BCUT2D eigenvalue weighted by molar-refractivity contribution is 5.90. The number of benzene rings is 1. The Morgan fingerprint density at radius 2 is 1.74 bits per heavy atom. The van der Waals surface area contributed by atoms with Gasteiger partial charge >= 0.3 is 5.97 Å². The van der Waals surface area contributed by atoms with Gasteiger partial charge in [0.15, 0.2) is 6.61 Å². The summed E-state index contributed by atoms with van der Waals surface area (Å²) in [5, 5.41) is 12.4. The maximum Gasteiger partial charge on any atom is 0.330 e. The number of ether oxygens (including phenoxy) is 3. The third-order valence-electron chi connectivity index (χ3n) is 5.15. The van der Waals surface area contributed by atoms with E-state index in [4.69, 9.17) is 14.2 Å². The average molecular weight is 379 g/mol. The van der Waals surface area contributed by atoms with Gasteiger partial charge in [-0.2, -0.15) is 0 Å². The van der Waals surface area contributed by atoms with Crippen molar-refractivity contribution in [2.24, 2.45) is 5.41 Å². The summed E-state index contributed by atoms with van der Waals surface area (Å²) in [6, 6.07) is 6.96. The molecule has 2 N–H and O–H groups in total. The number of carboxylic acids is 1. The van der Waals surface area contributed by atoms with Gasteiger partial charge in [0.05, 0.1) is 12.7 Å². The van der Waals surface area contributed by atoms with Crippen molar-refractivity contribution in [1.29, 1.82) is 0 Å². The van der Waals surface area contributed by atoms with E-state index < -0.39 is 22.8 Å². The molecule has 2 atom stereocenters. The lowest BCUT2D eigenvalue weighted by atomic mass is 9.54. The SMILES string of the molecule is CCCOc1ccc(OCC(=O)NC2(C(=O)O)CC(OCC)C2(C)C)cc1. The zero-order chi connectivity index (χ0) is 20.1. The molecule has 1 saturated carbocycles. The van der Waals surface area contributed by atoms with Crippen LogP contribution in [0.5, 0.6) is 11.5 Å². The molecule has 1 aliphatic rings. The van der Waals surface area contributed by atoms with Crippen LogP contribution < -0.4 is 14.8 Å². The first-order chi connectivity index (χ1) is 12.8. The molecule has 0 saturated heterocycles. The number of hydrogen-bond donors (Lipinski definition) is 2. The van der Waals surface area contributed by atoms with Crippen LogP contribution in [0.2, 0.25) is 0 Å². The number of rotatable bonds is 10. The van der Waals surface area contributed by atoms with Crippen LogP contribution in [-0.4, -0.2) is 48.4 Å². The lowest BCUT2D eigenvalue weighted by molar-refractivity contribution is -0.194. The van der Waals surface area contributed by atoms with Crippen molar-refractivity contribution in [2.75, 3.05) is 19.8 Å². The van der Waals surface area contributed by atoms with Crippen molar-refractivity contribution in [3.8, 4) is 11.5 Å². The summed E-state index contributed by atoms with van der Waals surface area (Å²) in [6.07, 6.45) is 0.943. The largest absolute Gasteiger partial charge is 0.494 e. The summed E-state index contributed by atoms with van der Waals surface area (Å²) in [5.41, 5.74) is -2.08. The van der Waals surface area contributed by atoms with Crippen molar-refractivity contribution in [2.45, 2.75) is 52.2 Å². The summed E-state index contributed by atoms with van der Waals surface area (Å²) in [6.45, 7) is 8.35. The third kappa shape index (κ3) is 4.35. The van der Waals surface area contributed by atoms with Crippen molar-refractivity contribution >= 4 is 11.9 Å². The van der Waals surface area contributed by atoms with E-state index >= 15 is 0 Å². The lowest BCUT2D eigenvalue weighted by Gasteiger charge is -2.58. The average Bonchev–Trinajstić information content (AvgIpc) is 2.64. The molecule has 27 heavy (non-hydrogen) atoms. The summed E-state index contributed by atoms with van der Waals surface area (Å²) in [7, 11) is 0. The number of nitrogens with one attached hydrogen (secondary N) is 1. The molecule has 0 spiro atoms. The van der Waals surface area contributed by atoms with Crippen LogP contribution in [0.4, 0.5) is 0 Å². The molecule has 0 radical (unpaired) electrons. The Labute approximate surface area is 160 Å². The first-order valence-corrected chi connectivity index (χ1v) is 9.28. The maximum absolute atomic E-state index is 12.3. The Bertz CT molecular complexity index is 657. The molecule has 7 nitrogen and oxygen atoms in total. The van der Waals surface area contributed by atoms with E-state index in [9.17, 15) is 14.7 Å². The summed E-state index contributed by atoms with van der Waals surface area (Å²) >= 11 is 0. The van der Waals surface area contributed by atoms with Gasteiger partial charge in [-0.05, 0) is 37.6 Å². The van der Waals surface area contributed by atoms with Gasteiger partial charge in [0, 0.05) is 18.4 Å². The number of carbonyl (C=O) groups excluding carboxylic acids is 1. The monoisotopic (exact) mass is 379 g/mol.